The van der Waals surface area contributed by atoms with Crippen molar-refractivity contribution in [3.05, 3.63) is 29.8 Å². The Morgan fingerprint density at radius 3 is 3.00 bits per heavy atom. The molecule has 0 bridgehead atoms. The number of ether oxygens (including phenoxy) is 1. The van der Waals surface area contributed by atoms with Gasteiger partial charge in [-0.2, -0.15) is 0 Å². The predicted molar refractivity (Wildman–Crippen MR) is 77.6 cm³/mol. The maximum absolute atomic E-state index is 5.67. The number of aryl methyl sites for hydroxylation is 1. The molecule has 0 radical (unpaired) electrons. The van der Waals surface area contributed by atoms with Crippen LogP contribution in [0.3, 0.4) is 0 Å². The topological polar surface area (TPSA) is 61.0 Å². The summed E-state index contributed by atoms with van der Waals surface area (Å²) in [5.74, 6) is 0.908. The van der Waals surface area contributed by atoms with E-state index in [2.05, 4.69) is 64.2 Å². The van der Waals surface area contributed by atoms with Gasteiger partial charge in [0.05, 0.1) is 31.8 Å². The summed E-state index contributed by atoms with van der Waals surface area (Å²) in [5, 5.41) is 12.1. The molecule has 1 aliphatic rings. The van der Waals surface area contributed by atoms with Crippen LogP contribution in [-0.2, 0) is 18.3 Å². The molecule has 0 aliphatic carbocycles. The quantitative estimate of drug-likeness (QED) is 0.846. The molecular weight excluding hydrogens is 268 g/mol. The van der Waals surface area contributed by atoms with Gasteiger partial charge in [-0.1, -0.05) is 0 Å². The largest absolute Gasteiger partial charge is 0.378 e. The molecular formula is C14H22N6O. The van der Waals surface area contributed by atoms with E-state index in [0.717, 1.165) is 25.5 Å². The predicted octanol–water partition coefficient (Wildman–Crippen LogP) is 1.17. The molecule has 3 rings (SSSR count). The molecule has 2 aromatic heterocycles. The summed E-state index contributed by atoms with van der Waals surface area (Å²) in [6.07, 6.45) is 2.07. The molecule has 0 aromatic carbocycles. The zero-order valence-corrected chi connectivity index (χ0v) is 12.8. The van der Waals surface area contributed by atoms with Crippen LogP contribution in [0.1, 0.15) is 37.4 Å². The van der Waals surface area contributed by atoms with E-state index >= 15 is 0 Å². The van der Waals surface area contributed by atoms with Crippen LogP contribution in [0.4, 0.5) is 0 Å². The molecule has 3 heterocycles. The number of morpholine rings is 1. The van der Waals surface area contributed by atoms with Gasteiger partial charge in [0, 0.05) is 25.5 Å². The first-order valence-electron chi connectivity index (χ1n) is 7.36. The van der Waals surface area contributed by atoms with Crippen LogP contribution in [0.15, 0.2) is 18.3 Å². The summed E-state index contributed by atoms with van der Waals surface area (Å²) in [7, 11) is 2.07. The second-order valence-electron chi connectivity index (χ2n) is 5.74. The molecule has 1 atom stereocenters. The zero-order chi connectivity index (χ0) is 14.8. The second-order valence-corrected chi connectivity index (χ2v) is 5.74. The van der Waals surface area contributed by atoms with E-state index in [-0.39, 0.29) is 12.1 Å². The molecule has 0 unspecified atom stereocenters. The third-order valence-corrected chi connectivity index (χ3v) is 3.96. The van der Waals surface area contributed by atoms with E-state index in [1.807, 2.05) is 4.68 Å². The fraction of sp³-hybridized carbons (Fsp3) is 0.643. The normalized spacial score (nSPS) is 20.3. The molecule has 0 N–H and O–H groups in total. The first-order chi connectivity index (χ1) is 10.2. The van der Waals surface area contributed by atoms with Gasteiger partial charge >= 0.3 is 0 Å². The highest BCUT2D eigenvalue weighted by molar-refractivity contribution is 5.13. The van der Waals surface area contributed by atoms with Crippen molar-refractivity contribution in [2.75, 3.05) is 19.8 Å². The van der Waals surface area contributed by atoms with Gasteiger partial charge < -0.3 is 9.30 Å². The fourth-order valence-corrected chi connectivity index (χ4v) is 2.82. The van der Waals surface area contributed by atoms with Gasteiger partial charge in [-0.25, -0.2) is 4.68 Å². The molecule has 1 saturated heterocycles. The summed E-state index contributed by atoms with van der Waals surface area (Å²) in [6.45, 7) is 7.28. The molecule has 7 heteroatoms. The Bertz CT molecular complexity index is 590. The summed E-state index contributed by atoms with van der Waals surface area (Å²) >= 11 is 0. The fourth-order valence-electron chi connectivity index (χ4n) is 2.82. The number of hydrogen-bond donors (Lipinski definition) is 0. The molecule has 21 heavy (non-hydrogen) atoms. The van der Waals surface area contributed by atoms with Crippen molar-refractivity contribution in [3.63, 3.8) is 0 Å². The van der Waals surface area contributed by atoms with E-state index in [1.54, 1.807) is 0 Å². The van der Waals surface area contributed by atoms with E-state index in [9.17, 15) is 0 Å². The molecule has 2 aromatic rings. The number of hydrogen-bond acceptors (Lipinski definition) is 5. The average molecular weight is 290 g/mol. The first kappa shape index (κ1) is 14.2. The van der Waals surface area contributed by atoms with Gasteiger partial charge in [-0.05, 0) is 36.4 Å². The Morgan fingerprint density at radius 1 is 1.43 bits per heavy atom. The van der Waals surface area contributed by atoms with Gasteiger partial charge in [0.2, 0.25) is 0 Å². The zero-order valence-electron chi connectivity index (χ0n) is 12.8. The van der Waals surface area contributed by atoms with Crippen molar-refractivity contribution >= 4 is 0 Å². The lowest BCUT2D eigenvalue weighted by Crippen LogP contribution is -2.40. The lowest BCUT2D eigenvalue weighted by molar-refractivity contribution is -0.0170. The van der Waals surface area contributed by atoms with Crippen LogP contribution in [0.2, 0.25) is 0 Å². The lowest BCUT2D eigenvalue weighted by Gasteiger charge is -2.35. The van der Waals surface area contributed by atoms with Gasteiger partial charge in [0.15, 0.2) is 5.82 Å². The molecule has 1 aliphatic heterocycles. The smallest absolute Gasteiger partial charge is 0.165 e. The van der Waals surface area contributed by atoms with Crippen molar-refractivity contribution in [1.29, 1.82) is 0 Å². The van der Waals surface area contributed by atoms with Crippen molar-refractivity contribution in [1.82, 2.24) is 29.7 Å². The lowest BCUT2D eigenvalue weighted by atomic mass is 10.1. The van der Waals surface area contributed by atoms with Crippen molar-refractivity contribution < 1.29 is 4.74 Å². The minimum atomic E-state index is 0.246. The summed E-state index contributed by atoms with van der Waals surface area (Å²) in [5.41, 5.74) is 1.26. The maximum Gasteiger partial charge on any atom is 0.165 e. The van der Waals surface area contributed by atoms with Crippen molar-refractivity contribution in [2.45, 2.75) is 32.5 Å². The number of nitrogens with zero attached hydrogens (tertiary/aromatic N) is 6. The van der Waals surface area contributed by atoms with E-state index in [4.69, 9.17) is 4.74 Å². The third kappa shape index (κ3) is 2.84. The molecule has 0 saturated carbocycles. The van der Waals surface area contributed by atoms with Crippen LogP contribution in [-0.4, -0.2) is 49.4 Å². The summed E-state index contributed by atoms with van der Waals surface area (Å²) < 4.78 is 9.71. The SMILES string of the molecule is CC(C)n1nnnc1CN1CCOC[C@H]1c1cccn1C. The van der Waals surface area contributed by atoms with Gasteiger partial charge in [0.1, 0.15) is 0 Å². The second kappa shape index (κ2) is 5.95. The molecule has 0 spiro atoms. The highest BCUT2D eigenvalue weighted by Gasteiger charge is 2.28. The van der Waals surface area contributed by atoms with Crippen LogP contribution >= 0.6 is 0 Å². The maximum atomic E-state index is 5.67. The third-order valence-electron chi connectivity index (χ3n) is 3.96. The first-order valence-corrected chi connectivity index (χ1v) is 7.36. The molecule has 114 valence electrons. The van der Waals surface area contributed by atoms with Crippen molar-refractivity contribution in [2.24, 2.45) is 7.05 Å². The number of tetrazole rings is 1. The van der Waals surface area contributed by atoms with Gasteiger partial charge in [-0.3, -0.25) is 4.90 Å². The molecule has 7 nitrogen and oxygen atoms in total. The monoisotopic (exact) mass is 290 g/mol. The van der Waals surface area contributed by atoms with Gasteiger partial charge in [-0.15, -0.1) is 5.10 Å². The van der Waals surface area contributed by atoms with Gasteiger partial charge in [0.25, 0.3) is 0 Å². The average Bonchev–Trinajstić information content (AvgIpc) is 3.08. The van der Waals surface area contributed by atoms with E-state index < -0.39 is 0 Å². The Morgan fingerprint density at radius 2 is 2.29 bits per heavy atom. The molecule has 0 amide bonds. The van der Waals surface area contributed by atoms with E-state index in [1.165, 1.54) is 5.69 Å². The highest BCUT2D eigenvalue weighted by Crippen LogP contribution is 2.25. The van der Waals surface area contributed by atoms with Crippen LogP contribution in [0.5, 0.6) is 0 Å². The van der Waals surface area contributed by atoms with Crippen LogP contribution < -0.4 is 0 Å². The van der Waals surface area contributed by atoms with Crippen LogP contribution in [0, 0.1) is 0 Å². The number of aromatic nitrogens is 5. The molecule has 1 fully saturated rings. The summed E-state index contributed by atoms with van der Waals surface area (Å²) in [4.78, 5) is 2.39. The Hall–Kier alpha value is -1.73. The van der Waals surface area contributed by atoms with E-state index in [0.29, 0.717) is 6.61 Å². The van der Waals surface area contributed by atoms with Crippen molar-refractivity contribution in [3.8, 4) is 0 Å². The highest BCUT2D eigenvalue weighted by atomic mass is 16.5. The minimum absolute atomic E-state index is 0.246. The summed E-state index contributed by atoms with van der Waals surface area (Å²) in [6, 6.07) is 4.73. The standard InChI is InChI=1S/C14H22N6O/c1-11(2)20-14(15-16-17-20)9-19-7-8-21-10-13(19)12-5-4-6-18(12)3/h4-6,11,13H,7-10H2,1-3H3/t13-/m0/s1. The minimum Gasteiger partial charge on any atom is -0.378 e. The Kier molecular flexibility index (Phi) is 4.03. The Balaban J connectivity index is 1.82. The van der Waals surface area contributed by atoms with Crippen LogP contribution in [0.25, 0.3) is 0 Å². The number of rotatable bonds is 4. The Labute approximate surface area is 124 Å².